The average molecular weight is 439 g/mol. The number of nitrogens with zero attached hydrogens (tertiary/aromatic N) is 2. The number of nitrogens with two attached hydrogens (primary N) is 1. The number of aromatic hydroxyl groups is 1. The van der Waals surface area contributed by atoms with E-state index in [1.807, 2.05) is 0 Å². The Kier molecular flexibility index (Phi) is 6.90. The third-order valence-corrected chi connectivity index (χ3v) is 4.51. The molecule has 32 heavy (non-hydrogen) atoms. The zero-order valence-corrected chi connectivity index (χ0v) is 17.1. The second-order valence-corrected chi connectivity index (χ2v) is 6.89. The molecule has 3 rings (SSSR count). The molecule has 0 aliphatic rings. The number of aromatic nitrogens is 2. The zero-order chi connectivity index (χ0) is 23.3. The van der Waals surface area contributed by atoms with Crippen molar-refractivity contribution in [2.75, 3.05) is 6.54 Å². The first-order chi connectivity index (χ1) is 15.3. The smallest absolute Gasteiger partial charge is 0.349 e. The van der Waals surface area contributed by atoms with Crippen LogP contribution in [0, 0.1) is 0 Å². The maximum atomic E-state index is 12.4. The van der Waals surface area contributed by atoms with E-state index in [0.717, 1.165) is 0 Å². The highest BCUT2D eigenvalue weighted by Gasteiger charge is 2.19. The van der Waals surface area contributed by atoms with E-state index in [1.54, 1.807) is 0 Å². The van der Waals surface area contributed by atoms with Gasteiger partial charge in [-0.3, -0.25) is 14.4 Å². The molecule has 5 N–H and O–H groups in total. The molecule has 0 saturated heterocycles. The summed E-state index contributed by atoms with van der Waals surface area (Å²) in [6.07, 6.45) is 1.30. The highest BCUT2D eigenvalue weighted by atomic mass is 16.4. The Balaban J connectivity index is 1.54. The Hall–Kier alpha value is -4.12. The first kappa shape index (κ1) is 22.6. The van der Waals surface area contributed by atoms with Crippen LogP contribution in [0.3, 0.4) is 0 Å². The summed E-state index contributed by atoms with van der Waals surface area (Å²) in [5, 5.41) is 14.9. The lowest BCUT2D eigenvalue weighted by molar-refractivity contribution is -0.121. The van der Waals surface area contributed by atoms with E-state index < -0.39 is 29.3 Å². The number of Topliss-reactive ketones (excluding diaryl/α,β-unsaturated/α-hetero) is 1. The van der Waals surface area contributed by atoms with Gasteiger partial charge in [0.25, 0.3) is 5.91 Å². The van der Waals surface area contributed by atoms with Crippen LogP contribution in [-0.4, -0.2) is 45.3 Å². The molecule has 0 bridgehead atoms. The van der Waals surface area contributed by atoms with Gasteiger partial charge in [0.2, 0.25) is 11.7 Å². The van der Waals surface area contributed by atoms with Crippen molar-refractivity contribution in [1.82, 2.24) is 20.6 Å². The van der Waals surface area contributed by atoms with E-state index in [4.69, 9.17) is 10.2 Å². The SMILES string of the molecule is C[C@H](NC(=O)CCNC(=O)c1cc2ccc(O)cc2oc1=O)C(=O)c1ccnc(CN)n1. The standard InChI is InChI=1S/C21H21N5O6/c1-11(19(29)15-4-6-23-17(10-22)26-15)25-18(28)5-7-24-20(30)14-8-12-2-3-13(27)9-16(12)32-21(14)31/h2-4,6,8-9,11,27H,5,7,10,22H2,1H3,(H,24,30)(H,25,28)/t11-/m0/s1. The number of carbonyl (C=O) groups is 3. The van der Waals surface area contributed by atoms with Crippen LogP contribution in [0.1, 0.15) is 40.0 Å². The number of hydrogen-bond donors (Lipinski definition) is 4. The molecule has 0 fully saturated rings. The molecular weight excluding hydrogens is 418 g/mol. The van der Waals surface area contributed by atoms with Gasteiger partial charge < -0.3 is 25.9 Å². The molecule has 1 atom stereocenters. The van der Waals surface area contributed by atoms with Gasteiger partial charge in [-0.15, -0.1) is 0 Å². The largest absolute Gasteiger partial charge is 0.508 e. The summed E-state index contributed by atoms with van der Waals surface area (Å²) in [5.41, 5.74) is 4.65. The number of nitrogens with one attached hydrogen (secondary N) is 2. The molecule has 0 aliphatic heterocycles. The average Bonchev–Trinajstić information content (AvgIpc) is 2.77. The Morgan fingerprint density at radius 3 is 2.75 bits per heavy atom. The lowest BCUT2D eigenvalue weighted by Crippen LogP contribution is -2.40. The Morgan fingerprint density at radius 2 is 2.00 bits per heavy atom. The normalized spacial score (nSPS) is 11.7. The summed E-state index contributed by atoms with van der Waals surface area (Å²) < 4.78 is 5.05. The van der Waals surface area contributed by atoms with Gasteiger partial charge in [0, 0.05) is 30.6 Å². The molecule has 0 saturated carbocycles. The van der Waals surface area contributed by atoms with Crippen molar-refractivity contribution in [3.63, 3.8) is 0 Å². The van der Waals surface area contributed by atoms with E-state index in [-0.39, 0.29) is 42.1 Å². The Labute approximate surface area is 181 Å². The maximum Gasteiger partial charge on any atom is 0.349 e. The van der Waals surface area contributed by atoms with Crippen LogP contribution in [0.2, 0.25) is 0 Å². The molecule has 0 unspecified atom stereocenters. The third-order valence-electron chi connectivity index (χ3n) is 4.51. The van der Waals surface area contributed by atoms with Gasteiger partial charge in [0.15, 0.2) is 0 Å². The van der Waals surface area contributed by atoms with Crippen molar-refractivity contribution in [2.24, 2.45) is 5.73 Å². The molecule has 11 heteroatoms. The van der Waals surface area contributed by atoms with Crippen molar-refractivity contribution in [3.8, 4) is 5.75 Å². The van der Waals surface area contributed by atoms with Crippen LogP contribution in [0.4, 0.5) is 0 Å². The highest BCUT2D eigenvalue weighted by molar-refractivity contribution is 6.00. The van der Waals surface area contributed by atoms with Crippen molar-refractivity contribution in [1.29, 1.82) is 0 Å². The lowest BCUT2D eigenvalue weighted by Gasteiger charge is -2.13. The fraction of sp³-hybridized carbons (Fsp3) is 0.238. The summed E-state index contributed by atoms with van der Waals surface area (Å²) >= 11 is 0. The fourth-order valence-electron chi connectivity index (χ4n) is 2.88. The zero-order valence-electron chi connectivity index (χ0n) is 17.1. The van der Waals surface area contributed by atoms with Gasteiger partial charge in [-0.05, 0) is 31.2 Å². The van der Waals surface area contributed by atoms with Crippen LogP contribution in [0.15, 0.2) is 45.7 Å². The topological polar surface area (TPSA) is 178 Å². The molecule has 166 valence electrons. The fourth-order valence-corrected chi connectivity index (χ4v) is 2.88. The van der Waals surface area contributed by atoms with E-state index in [9.17, 15) is 24.3 Å². The van der Waals surface area contributed by atoms with Crippen LogP contribution in [0.25, 0.3) is 11.0 Å². The van der Waals surface area contributed by atoms with E-state index in [1.165, 1.54) is 43.5 Å². The highest BCUT2D eigenvalue weighted by Crippen LogP contribution is 2.19. The van der Waals surface area contributed by atoms with Crippen molar-refractivity contribution in [2.45, 2.75) is 25.9 Å². The number of benzene rings is 1. The Bertz CT molecular complexity index is 1240. The molecule has 0 aliphatic carbocycles. The molecule has 3 aromatic rings. The Morgan fingerprint density at radius 1 is 1.22 bits per heavy atom. The molecule has 11 nitrogen and oxygen atoms in total. The number of amides is 2. The maximum absolute atomic E-state index is 12.4. The second kappa shape index (κ2) is 9.79. The number of rotatable bonds is 8. The summed E-state index contributed by atoms with van der Waals surface area (Å²) in [5.74, 6) is -1.34. The van der Waals surface area contributed by atoms with Crippen molar-refractivity contribution in [3.05, 3.63) is 64.0 Å². The summed E-state index contributed by atoms with van der Waals surface area (Å²) in [6, 6.07) is 6.10. The van der Waals surface area contributed by atoms with Gasteiger partial charge >= 0.3 is 5.63 Å². The quantitative estimate of drug-likeness (QED) is 0.283. The first-order valence-corrected chi connectivity index (χ1v) is 9.69. The number of carbonyl (C=O) groups excluding carboxylic acids is 3. The van der Waals surface area contributed by atoms with Crippen LogP contribution in [0.5, 0.6) is 5.75 Å². The van der Waals surface area contributed by atoms with Crippen molar-refractivity contribution >= 4 is 28.6 Å². The third kappa shape index (κ3) is 5.32. The lowest BCUT2D eigenvalue weighted by atomic mass is 10.1. The van der Waals surface area contributed by atoms with Gasteiger partial charge in [0.05, 0.1) is 12.6 Å². The van der Waals surface area contributed by atoms with Gasteiger partial charge in [-0.1, -0.05) is 0 Å². The molecule has 2 aromatic heterocycles. The summed E-state index contributed by atoms with van der Waals surface area (Å²) in [4.78, 5) is 56.8. The minimum absolute atomic E-state index is 0.0660. The van der Waals surface area contributed by atoms with Crippen LogP contribution < -0.4 is 22.0 Å². The number of phenols is 1. The molecule has 2 amide bonds. The predicted octanol–water partition coefficient (Wildman–Crippen LogP) is 0.255. The number of fused-ring (bicyclic) bond motifs is 1. The second-order valence-electron chi connectivity index (χ2n) is 6.89. The summed E-state index contributed by atoms with van der Waals surface area (Å²) in [7, 11) is 0. The minimum Gasteiger partial charge on any atom is -0.508 e. The first-order valence-electron chi connectivity index (χ1n) is 9.69. The number of ketones is 1. The number of phenolic OH excluding ortho intramolecular Hbond substituents is 1. The van der Waals surface area contributed by atoms with E-state index in [0.29, 0.717) is 11.2 Å². The summed E-state index contributed by atoms with van der Waals surface area (Å²) in [6.45, 7) is 1.53. The van der Waals surface area contributed by atoms with Crippen LogP contribution in [-0.2, 0) is 11.3 Å². The molecule has 1 aromatic carbocycles. The molecule has 0 spiro atoms. The molecule has 0 radical (unpaired) electrons. The number of hydrogen-bond acceptors (Lipinski definition) is 9. The van der Waals surface area contributed by atoms with E-state index >= 15 is 0 Å². The van der Waals surface area contributed by atoms with Crippen molar-refractivity contribution < 1.29 is 23.9 Å². The van der Waals surface area contributed by atoms with Gasteiger partial charge in [-0.2, -0.15) is 0 Å². The van der Waals surface area contributed by atoms with Crippen LogP contribution >= 0.6 is 0 Å². The minimum atomic E-state index is -0.869. The molecular formula is C21H21N5O6. The van der Waals surface area contributed by atoms with Gasteiger partial charge in [0.1, 0.15) is 28.4 Å². The predicted molar refractivity (Wildman–Crippen MR) is 113 cm³/mol. The molecule has 2 heterocycles. The van der Waals surface area contributed by atoms with Gasteiger partial charge in [-0.25, -0.2) is 14.8 Å². The monoisotopic (exact) mass is 439 g/mol. The van der Waals surface area contributed by atoms with E-state index in [2.05, 4.69) is 20.6 Å².